The van der Waals surface area contributed by atoms with Gasteiger partial charge in [0.25, 0.3) is 0 Å². The summed E-state index contributed by atoms with van der Waals surface area (Å²) < 4.78 is 9.92. The maximum absolute atomic E-state index is 9.15. The average molecular weight is 162 g/mol. The molecule has 4 nitrogen and oxygen atoms in total. The number of hydrogen-bond donors (Lipinski definition) is 2. The van der Waals surface area contributed by atoms with Crippen LogP contribution in [0, 0.1) is 0 Å². The number of ether oxygens (including phenoxy) is 2. The van der Waals surface area contributed by atoms with Crippen LogP contribution in [0.15, 0.2) is 0 Å². The Bertz CT molecular complexity index is 126. The molecule has 0 aliphatic carbocycles. The molecule has 2 N–H and O–H groups in total. The van der Waals surface area contributed by atoms with Crippen molar-refractivity contribution in [2.45, 2.75) is 37.9 Å². The minimum Gasteiger partial charge on any atom is -0.391 e. The van der Waals surface area contributed by atoms with Crippen LogP contribution in [0.3, 0.4) is 0 Å². The van der Waals surface area contributed by atoms with Gasteiger partial charge < -0.3 is 19.7 Å². The molecule has 0 bridgehead atoms. The third kappa shape index (κ3) is 1.90. The van der Waals surface area contributed by atoms with Crippen LogP contribution < -0.4 is 0 Å². The second kappa shape index (κ2) is 3.49. The molecule has 1 aliphatic rings. The van der Waals surface area contributed by atoms with Crippen molar-refractivity contribution in [3.05, 3.63) is 0 Å². The van der Waals surface area contributed by atoms with E-state index in [9.17, 15) is 0 Å². The Balaban J connectivity index is 2.43. The fourth-order valence-electron chi connectivity index (χ4n) is 1.19. The fraction of sp³-hybridized carbons (Fsp3) is 1.00. The maximum atomic E-state index is 9.15. The smallest absolute Gasteiger partial charge is 0.181 e. The highest BCUT2D eigenvalue weighted by molar-refractivity contribution is 4.79. The van der Waals surface area contributed by atoms with Crippen LogP contribution in [0.4, 0.5) is 0 Å². The predicted octanol–water partition coefficient (Wildman–Crippen LogP) is -0.511. The highest BCUT2D eigenvalue weighted by Gasteiger charge is 2.36. The lowest BCUT2D eigenvalue weighted by atomic mass is 10.1. The quantitative estimate of drug-likeness (QED) is 0.574. The molecule has 0 spiro atoms. The fourth-order valence-corrected chi connectivity index (χ4v) is 1.19. The Hall–Kier alpha value is -0.160. The first kappa shape index (κ1) is 8.93. The number of methoxy groups -OCH3 is 1. The summed E-state index contributed by atoms with van der Waals surface area (Å²) in [6.45, 7) is 1.63. The highest BCUT2D eigenvalue weighted by atomic mass is 16.7. The first-order valence-electron chi connectivity index (χ1n) is 3.69. The zero-order valence-electron chi connectivity index (χ0n) is 6.73. The van der Waals surface area contributed by atoms with Gasteiger partial charge in [-0.25, -0.2) is 0 Å². The van der Waals surface area contributed by atoms with E-state index >= 15 is 0 Å². The lowest BCUT2D eigenvalue weighted by Gasteiger charge is -2.11. The van der Waals surface area contributed by atoms with Crippen molar-refractivity contribution in [1.29, 1.82) is 0 Å². The maximum Gasteiger partial charge on any atom is 0.181 e. The van der Waals surface area contributed by atoms with E-state index in [1.165, 1.54) is 7.11 Å². The Morgan fingerprint density at radius 1 is 1.64 bits per heavy atom. The minimum absolute atomic E-state index is 0.296. The third-order valence-electron chi connectivity index (χ3n) is 1.94. The van der Waals surface area contributed by atoms with Gasteiger partial charge in [0.05, 0.1) is 12.2 Å². The van der Waals surface area contributed by atoms with Gasteiger partial charge >= 0.3 is 0 Å². The van der Waals surface area contributed by atoms with Gasteiger partial charge in [-0.3, -0.25) is 0 Å². The van der Waals surface area contributed by atoms with E-state index in [0.717, 1.165) is 0 Å². The first-order chi connectivity index (χ1) is 5.15. The molecule has 1 heterocycles. The van der Waals surface area contributed by atoms with E-state index in [0.29, 0.717) is 6.42 Å². The summed E-state index contributed by atoms with van der Waals surface area (Å²) in [6, 6.07) is 0. The van der Waals surface area contributed by atoms with Crippen molar-refractivity contribution >= 4 is 0 Å². The predicted molar refractivity (Wildman–Crippen MR) is 38.0 cm³/mol. The Labute approximate surface area is 65.7 Å². The van der Waals surface area contributed by atoms with Gasteiger partial charge in [0.1, 0.15) is 6.10 Å². The Morgan fingerprint density at radius 2 is 2.27 bits per heavy atom. The van der Waals surface area contributed by atoms with E-state index in [4.69, 9.17) is 19.7 Å². The molecule has 0 radical (unpaired) electrons. The van der Waals surface area contributed by atoms with Gasteiger partial charge in [0, 0.05) is 13.5 Å². The van der Waals surface area contributed by atoms with Gasteiger partial charge in [-0.15, -0.1) is 0 Å². The molecule has 1 saturated heterocycles. The van der Waals surface area contributed by atoms with Gasteiger partial charge in [-0.1, -0.05) is 0 Å². The molecule has 1 fully saturated rings. The second-order valence-corrected chi connectivity index (χ2v) is 2.82. The molecule has 4 atom stereocenters. The third-order valence-corrected chi connectivity index (χ3v) is 1.94. The van der Waals surface area contributed by atoms with Gasteiger partial charge in [-0.05, 0) is 6.92 Å². The van der Waals surface area contributed by atoms with Crippen molar-refractivity contribution in [2.24, 2.45) is 0 Å². The molecule has 0 aromatic rings. The number of aliphatic hydroxyl groups is 2. The van der Waals surface area contributed by atoms with Crippen LogP contribution in [-0.4, -0.2) is 41.9 Å². The molecule has 0 saturated carbocycles. The average Bonchev–Trinajstić information content (AvgIpc) is 2.31. The molecule has 11 heavy (non-hydrogen) atoms. The summed E-state index contributed by atoms with van der Waals surface area (Å²) >= 11 is 0. The first-order valence-corrected chi connectivity index (χ1v) is 3.69. The number of hydrogen-bond acceptors (Lipinski definition) is 4. The standard InChI is InChI=1S/C7H14O4/c1-4(8)5-3-6(10-2)7(9)11-5/h4-9H,3H2,1-2H3/t4-,5-,6+,7+/m1/s1. The molecule has 1 aliphatic heterocycles. The molecular weight excluding hydrogens is 148 g/mol. The normalized spacial score (nSPS) is 40.9. The zero-order chi connectivity index (χ0) is 8.43. The number of aliphatic hydroxyl groups excluding tert-OH is 2. The SMILES string of the molecule is CO[C@H]1C[C@H]([C@@H](C)O)O[C@@H]1O. The van der Waals surface area contributed by atoms with Crippen LogP contribution in [0.2, 0.25) is 0 Å². The molecule has 0 amide bonds. The lowest BCUT2D eigenvalue weighted by Crippen LogP contribution is -2.23. The lowest BCUT2D eigenvalue weighted by molar-refractivity contribution is -0.148. The number of rotatable bonds is 2. The zero-order valence-corrected chi connectivity index (χ0v) is 6.73. The van der Waals surface area contributed by atoms with Gasteiger partial charge in [-0.2, -0.15) is 0 Å². The van der Waals surface area contributed by atoms with Crippen molar-refractivity contribution in [3.8, 4) is 0 Å². The summed E-state index contributed by atoms with van der Waals surface area (Å²) in [5.41, 5.74) is 0. The van der Waals surface area contributed by atoms with Gasteiger partial charge in [0.15, 0.2) is 6.29 Å². The van der Waals surface area contributed by atoms with Gasteiger partial charge in [0.2, 0.25) is 0 Å². The van der Waals surface area contributed by atoms with Crippen LogP contribution in [0.25, 0.3) is 0 Å². The van der Waals surface area contributed by atoms with Crippen LogP contribution >= 0.6 is 0 Å². The minimum atomic E-state index is -0.889. The molecule has 0 aromatic carbocycles. The largest absolute Gasteiger partial charge is 0.391 e. The molecule has 66 valence electrons. The Kier molecular flexibility index (Phi) is 2.84. The molecule has 1 rings (SSSR count). The summed E-state index contributed by atoms with van der Waals surface area (Å²) in [5.74, 6) is 0. The molecule has 0 unspecified atom stereocenters. The molecular formula is C7H14O4. The highest BCUT2D eigenvalue weighted by Crippen LogP contribution is 2.22. The van der Waals surface area contributed by atoms with Crippen LogP contribution in [0.1, 0.15) is 13.3 Å². The molecule has 4 heteroatoms. The van der Waals surface area contributed by atoms with E-state index in [2.05, 4.69) is 0 Å². The summed E-state index contributed by atoms with van der Waals surface area (Å²) in [7, 11) is 1.52. The summed E-state index contributed by atoms with van der Waals surface area (Å²) in [4.78, 5) is 0. The molecule has 0 aromatic heterocycles. The Morgan fingerprint density at radius 3 is 2.55 bits per heavy atom. The van der Waals surface area contributed by atoms with Crippen LogP contribution in [0.5, 0.6) is 0 Å². The van der Waals surface area contributed by atoms with Crippen molar-refractivity contribution in [1.82, 2.24) is 0 Å². The van der Waals surface area contributed by atoms with E-state index in [1.807, 2.05) is 0 Å². The van der Waals surface area contributed by atoms with E-state index < -0.39 is 12.4 Å². The van der Waals surface area contributed by atoms with Crippen molar-refractivity contribution in [2.75, 3.05) is 7.11 Å². The second-order valence-electron chi connectivity index (χ2n) is 2.82. The summed E-state index contributed by atoms with van der Waals surface area (Å²) in [5, 5.41) is 18.2. The van der Waals surface area contributed by atoms with Crippen molar-refractivity contribution in [3.63, 3.8) is 0 Å². The van der Waals surface area contributed by atoms with E-state index in [1.54, 1.807) is 6.92 Å². The van der Waals surface area contributed by atoms with E-state index in [-0.39, 0.29) is 12.2 Å². The monoisotopic (exact) mass is 162 g/mol. The van der Waals surface area contributed by atoms with Crippen LogP contribution in [-0.2, 0) is 9.47 Å². The van der Waals surface area contributed by atoms with Crippen molar-refractivity contribution < 1.29 is 19.7 Å². The topological polar surface area (TPSA) is 58.9 Å². The summed E-state index contributed by atoms with van der Waals surface area (Å²) in [6.07, 6.45) is -1.48.